The number of hydrogen-bond acceptors (Lipinski definition) is 5. The van der Waals surface area contributed by atoms with Crippen LogP contribution in [0.2, 0.25) is 0 Å². The Bertz CT molecular complexity index is 819. The molecule has 0 bridgehead atoms. The lowest BCUT2D eigenvalue weighted by atomic mass is 10.0. The molecule has 0 spiro atoms. The summed E-state index contributed by atoms with van der Waals surface area (Å²) in [6.07, 6.45) is 4.32. The van der Waals surface area contributed by atoms with E-state index >= 15 is 0 Å². The molecule has 1 aromatic heterocycles. The van der Waals surface area contributed by atoms with Gasteiger partial charge in [0, 0.05) is 6.54 Å². The molecule has 0 saturated carbocycles. The molecule has 154 valence electrons. The minimum atomic E-state index is -0.694. The Morgan fingerprint density at radius 3 is 2.69 bits per heavy atom. The zero-order valence-corrected chi connectivity index (χ0v) is 16.5. The maximum Gasteiger partial charge on any atom is 0.329 e. The van der Waals surface area contributed by atoms with Crippen molar-refractivity contribution in [3.63, 3.8) is 0 Å². The van der Waals surface area contributed by atoms with Gasteiger partial charge in [-0.15, -0.1) is 0 Å². The molecule has 1 aliphatic heterocycles. The summed E-state index contributed by atoms with van der Waals surface area (Å²) in [6, 6.07) is 12.1. The highest BCUT2D eigenvalue weighted by atomic mass is 16.5. The van der Waals surface area contributed by atoms with E-state index in [9.17, 15) is 14.4 Å². The van der Waals surface area contributed by atoms with Crippen molar-refractivity contribution >= 4 is 17.8 Å². The number of ether oxygens (including phenoxy) is 1. The first-order valence-electron chi connectivity index (χ1n) is 9.95. The summed E-state index contributed by atoms with van der Waals surface area (Å²) >= 11 is 0. The molecule has 2 amide bonds. The van der Waals surface area contributed by atoms with Crippen molar-refractivity contribution in [3.05, 3.63) is 60.1 Å². The first kappa shape index (κ1) is 20.6. The van der Waals surface area contributed by atoms with E-state index in [0.717, 1.165) is 18.4 Å². The first-order chi connectivity index (χ1) is 14.1. The smallest absolute Gasteiger partial charge is 0.329 e. The van der Waals surface area contributed by atoms with Crippen molar-refractivity contribution in [2.45, 2.75) is 44.7 Å². The van der Waals surface area contributed by atoms with Crippen LogP contribution in [0.3, 0.4) is 0 Å². The number of nitrogens with zero attached hydrogens (tertiary/aromatic N) is 1. The Balaban J connectivity index is 1.54. The van der Waals surface area contributed by atoms with Gasteiger partial charge in [0.15, 0.2) is 12.4 Å². The summed E-state index contributed by atoms with van der Waals surface area (Å²) in [5.74, 6) is -1.08. The Morgan fingerprint density at radius 2 is 2.00 bits per heavy atom. The number of amides is 2. The average molecular weight is 398 g/mol. The van der Waals surface area contributed by atoms with Gasteiger partial charge in [-0.2, -0.15) is 0 Å². The summed E-state index contributed by atoms with van der Waals surface area (Å²) in [5, 5.41) is 2.92. The van der Waals surface area contributed by atoms with Crippen LogP contribution in [0.25, 0.3) is 0 Å². The minimum Gasteiger partial charge on any atom is -0.459 e. The number of carbonyl (C=O) groups excluding carboxylic acids is 3. The fourth-order valence-corrected chi connectivity index (χ4v) is 3.56. The molecular formula is C22H26N2O5. The molecule has 2 atom stereocenters. The highest BCUT2D eigenvalue weighted by Crippen LogP contribution is 2.22. The van der Waals surface area contributed by atoms with Gasteiger partial charge >= 0.3 is 5.97 Å². The second-order valence-corrected chi connectivity index (χ2v) is 7.06. The second kappa shape index (κ2) is 9.91. The third kappa shape index (κ3) is 5.25. The topological polar surface area (TPSA) is 88.9 Å². The van der Waals surface area contributed by atoms with Gasteiger partial charge in [0.2, 0.25) is 0 Å². The molecule has 3 rings (SSSR count). The molecule has 1 aliphatic rings. The summed E-state index contributed by atoms with van der Waals surface area (Å²) in [6.45, 7) is 2.13. The summed E-state index contributed by atoms with van der Waals surface area (Å²) in [7, 11) is 0. The lowest BCUT2D eigenvalue weighted by Gasteiger charge is -2.22. The maximum absolute atomic E-state index is 12.5. The molecule has 0 radical (unpaired) electrons. The highest BCUT2D eigenvalue weighted by Gasteiger charge is 2.36. The van der Waals surface area contributed by atoms with Crippen LogP contribution in [0.5, 0.6) is 0 Å². The quantitative estimate of drug-likeness (QED) is 0.691. The van der Waals surface area contributed by atoms with Crippen LogP contribution in [-0.4, -0.2) is 41.9 Å². The molecule has 1 aromatic carbocycles. The monoisotopic (exact) mass is 398 g/mol. The van der Waals surface area contributed by atoms with Crippen LogP contribution >= 0.6 is 0 Å². The fourth-order valence-electron chi connectivity index (χ4n) is 3.56. The molecule has 29 heavy (non-hydrogen) atoms. The van der Waals surface area contributed by atoms with Gasteiger partial charge in [-0.25, -0.2) is 4.79 Å². The molecule has 0 aliphatic carbocycles. The molecule has 2 unspecified atom stereocenters. The number of hydrogen-bond donors (Lipinski definition) is 1. The molecule has 7 nitrogen and oxygen atoms in total. The lowest BCUT2D eigenvalue weighted by Crippen LogP contribution is -2.42. The van der Waals surface area contributed by atoms with Crippen molar-refractivity contribution in [2.75, 3.05) is 13.2 Å². The van der Waals surface area contributed by atoms with Gasteiger partial charge in [0.1, 0.15) is 6.04 Å². The van der Waals surface area contributed by atoms with Crippen LogP contribution in [0.1, 0.15) is 54.8 Å². The zero-order valence-electron chi connectivity index (χ0n) is 16.5. The van der Waals surface area contributed by atoms with Crippen molar-refractivity contribution in [1.82, 2.24) is 10.2 Å². The number of likely N-dealkylation sites (tertiary alicyclic amines) is 1. The first-order valence-corrected chi connectivity index (χ1v) is 9.95. The summed E-state index contributed by atoms with van der Waals surface area (Å²) in [5.41, 5.74) is 1.01. The predicted octanol–water partition coefficient (Wildman–Crippen LogP) is 3.09. The number of esters is 1. The normalized spacial score (nSPS) is 17.0. The Kier molecular flexibility index (Phi) is 7.05. The van der Waals surface area contributed by atoms with E-state index in [1.165, 1.54) is 11.2 Å². The Hall–Kier alpha value is -3.09. The van der Waals surface area contributed by atoms with E-state index in [1.807, 2.05) is 37.3 Å². The van der Waals surface area contributed by atoms with Crippen LogP contribution in [0.15, 0.2) is 53.1 Å². The van der Waals surface area contributed by atoms with Gasteiger partial charge in [0.25, 0.3) is 11.8 Å². The third-order valence-electron chi connectivity index (χ3n) is 4.98. The van der Waals surface area contributed by atoms with E-state index in [-0.39, 0.29) is 30.2 Å². The second-order valence-electron chi connectivity index (χ2n) is 7.06. The molecule has 7 heteroatoms. The third-order valence-corrected chi connectivity index (χ3v) is 4.98. The van der Waals surface area contributed by atoms with Crippen LogP contribution in [0, 0.1) is 0 Å². The number of rotatable bonds is 8. The molecule has 1 N–H and O–H groups in total. The van der Waals surface area contributed by atoms with Gasteiger partial charge in [0.05, 0.1) is 12.3 Å². The Labute approximate surface area is 170 Å². The molecule has 1 fully saturated rings. The van der Waals surface area contributed by atoms with Crippen LogP contribution in [0.4, 0.5) is 0 Å². The molecule has 2 aromatic rings. The van der Waals surface area contributed by atoms with Crippen molar-refractivity contribution in [3.8, 4) is 0 Å². The Morgan fingerprint density at radius 1 is 1.21 bits per heavy atom. The number of carbonyl (C=O) groups is 3. The van der Waals surface area contributed by atoms with E-state index in [1.54, 1.807) is 12.1 Å². The van der Waals surface area contributed by atoms with E-state index in [0.29, 0.717) is 19.4 Å². The van der Waals surface area contributed by atoms with Gasteiger partial charge in [-0.1, -0.05) is 43.7 Å². The molecule has 1 saturated heterocycles. The summed E-state index contributed by atoms with van der Waals surface area (Å²) < 4.78 is 10.4. The van der Waals surface area contributed by atoms with Crippen molar-refractivity contribution in [1.29, 1.82) is 0 Å². The number of nitrogens with one attached hydrogen (secondary N) is 1. The fraction of sp³-hybridized carbons (Fsp3) is 0.409. The molecular weight excluding hydrogens is 372 g/mol. The predicted molar refractivity (Wildman–Crippen MR) is 106 cm³/mol. The van der Waals surface area contributed by atoms with Crippen LogP contribution in [-0.2, 0) is 14.3 Å². The zero-order chi connectivity index (χ0) is 20.6. The van der Waals surface area contributed by atoms with Gasteiger partial charge < -0.3 is 19.4 Å². The van der Waals surface area contributed by atoms with E-state index in [2.05, 4.69) is 5.32 Å². The van der Waals surface area contributed by atoms with Gasteiger partial charge in [-0.3, -0.25) is 9.59 Å². The maximum atomic E-state index is 12.5. The van der Waals surface area contributed by atoms with Crippen molar-refractivity contribution < 1.29 is 23.5 Å². The van der Waals surface area contributed by atoms with Crippen LogP contribution < -0.4 is 5.32 Å². The van der Waals surface area contributed by atoms with E-state index in [4.69, 9.17) is 9.15 Å². The van der Waals surface area contributed by atoms with E-state index < -0.39 is 12.0 Å². The number of benzene rings is 1. The highest BCUT2D eigenvalue weighted by molar-refractivity contribution is 5.95. The SMILES string of the molecule is CCCC(NC(=O)COC(=O)C1CCCN1C(=O)c1ccco1)c1ccccc1. The number of furan rings is 1. The van der Waals surface area contributed by atoms with Gasteiger partial charge in [-0.05, 0) is 37.0 Å². The molecule has 2 heterocycles. The lowest BCUT2D eigenvalue weighted by molar-refractivity contribution is -0.152. The minimum absolute atomic E-state index is 0.129. The summed E-state index contributed by atoms with van der Waals surface area (Å²) in [4.78, 5) is 38.8. The largest absolute Gasteiger partial charge is 0.459 e. The van der Waals surface area contributed by atoms with Crippen molar-refractivity contribution in [2.24, 2.45) is 0 Å². The standard InChI is InChI=1S/C22H26N2O5/c1-2-8-17(16-9-4-3-5-10-16)23-20(25)15-29-22(27)18-11-6-13-24(18)21(26)19-12-7-14-28-19/h3-5,7,9-10,12,14,17-18H,2,6,8,11,13,15H2,1H3,(H,23,25). The average Bonchev–Trinajstić information content (AvgIpc) is 3.44.